The van der Waals surface area contributed by atoms with Gasteiger partial charge in [-0.1, -0.05) is 24.6 Å². The number of sulfonamides is 1. The van der Waals surface area contributed by atoms with Crippen LogP contribution in [0.1, 0.15) is 13.3 Å². The lowest BCUT2D eigenvalue weighted by molar-refractivity contribution is 0.559. The maximum Gasteiger partial charge on any atom is 0.273 e. The highest BCUT2D eigenvalue weighted by atomic mass is 127. The molecule has 1 aromatic heterocycles. The van der Waals surface area contributed by atoms with Gasteiger partial charge in [0.2, 0.25) is 0 Å². The maximum absolute atomic E-state index is 11.5. The van der Waals surface area contributed by atoms with Crippen LogP contribution in [0.4, 0.5) is 0 Å². The Kier molecular flexibility index (Phi) is 4.67. The molecule has 1 aromatic carbocycles. The molecule has 1 heterocycles. The quantitative estimate of drug-likeness (QED) is 0.759. The van der Waals surface area contributed by atoms with Crippen LogP contribution in [-0.2, 0) is 16.6 Å². The van der Waals surface area contributed by atoms with E-state index in [2.05, 4.69) is 32.8 Å². The van der Waals surface area contributed by atoms with E-state index < -0.39 is 10.0 Å². The highest BCUT2D eigenvalue weighted by molar-refractivity contribution is 14.1. The first-order chi connectivity index (χ1) is 9.34. The van der Waals surface area contributed by atoms with Crippen LogP contribution >= 0.6 is 34.2 Å². The van der Waals surface area contributed by atoms with E-state index in [1.54, 1.807) is 6.07 Å². The molecule has 0 unspecified atom stereocenters. The summed E-state index contributed by atoms with van der Waals surface area (Å²) in [5.41, 5.74) is 0.700. The number of aromatic nitrogens is 3. The Morgan fingerprint density at radius 1 is 1.40 bits per heavy atom. The molecule has 0 aliphatic rings. The molecular weight excluding hydrogens is 415 g/mol. The van der Waals surface area contributed by atoms with E-state index in [1.165, 1.54) is 4.57 Å². The van der Waals surface area contributed by atoms with Crippen molar-refractivity contribution < 1.29 is 8.42 Å². The minimum atomic E-state index is -3.91. The van der Waals surface area contributed by atoms with Crippen molar-refractivity contribution in [2.24, 2.45) is 5.14 Å². The van der Waals surface area contributed by atoms with Crippen molar-refractivity contribution in [2.75, 3.05) is 0 Å². The molecule has 0 aliphatic carbocycles. The normalized spacial score (nSPS) is 11.8. The van der Waals surface area contributed by atoms with Gasteiger partial charge in [-0.25, -0.2) is 13.6 Å². The highest BCUT2D eigenvalue weighted by Gasteiger charge is 2.21. The number of benzene rings is 1. The minimum Gasteiger partial charge on any atom is -0.297 e. The molecule has 0 spiro atoms. The summed E-state index contributed by atoms with van der Waals surface area (Å²) in [7, 11) is -3.91. The number of halogens is 2. The molecule has 0 saturated carbocycles. The third kappa shape index (κ3) is 3.13. The topological polar surface area (TPSA) is 90.9 Å². The predicted molar refractivity (Wildman–Crippen MR) is 84.8 cm³/mol. The van der Waals surface area contributed by atoms with Gasteiger partial charge in [0.1, 0.15) is 0 Å². The molecule has 0 bridgehead atoms. The molecule has 9 heteroatoms. The lowest BCUT2D eigenvalue weighted by Gasteiger charge is -2.08. The Morgan fingerprint density at radius 2 is 2.10 bits per heavy atom. The highest BCUT2D eigenvalue weighted by Crippen LogP contribution is 2.26. The molecule has 0 atom stereocenters. The molecule has 0 saturated heterocycles. The zero-order valence-electron chi connectivity index (χ0n) is 10.5. The number of hydrogen-bond acceptors (Lipinski definition) is 4. The monoisotopic (exact) mass is 426 g/mol. The van der Waals surface area contributed by atoms with Crippen LogP contribution in [0.5, 0.6) is 0 Å². The smallest absolute Gasteiger partial charge is 0.273 e. The van der Waals surface area contributed by atoms with Crippen LogP contribution in [0.15, 0.2) is 23.4 Å². The Labute approximate surface area is 135 Å². The van der Waals surface area contributed by atoms with E-state index in [0.29, 0.717) is 23.0 Å². The van der Waals surface area contributed by atoms with Crippen molar-refractivity contribution in [3.8, 4) is 11.4 Å². The van der Waals surface area contributed by atoms with Gasteiger partial charge in [0.25, 0.3) is 15.2 Å². The Hall–Kier alpha value is -0.710. The molecule has 0 fully saturated rings. The van der Waals surface area contributed by atoms with Crippen molar-refractivity contribution in [1.82, 2.24) is 14.8 Å². The van der Waals surface area contributed by atoms with Gasteiger partial charge in [0, 0.05) is 15.7 Å². The van der Waals surface area contributed by atoms with Crippen LogP contribution in [-0.4, -0.2) is 23.2 Å². The molecular formula is C11H12ClIN4O2S. The van der Waals surface area contributed by atoms with Crippen molar-refractivity contribution in [2.45, 2.75) is 25.0 Å². The van der Waals surface area contributed by atoms with Gasteiger partial charge in [-0.2, -0.15) is 0 Å². The van der Waals surface area contributed by atoms with Crippen LogP contribution in [0.2, 0.25) is 5.02 Å². The van der Waals surface area contributed by atoms with E-state index in [0.717, 1.165) is 9.99 Å². The van der Waals surface area contributed by atoms with Crippen LogP contribution in [0.25, 0.3) is 11.4 Å². The summed E-state index contributed by atoms with van der Waals surface area (Å²) < 4.78 is 25.4. The average molecular weight is 427 g/mol. The maximum atomic E-state index is 11.5. The van der Waals surface area contributed by atoms with E-state index in [4.69, 9.17) is 16.7 Å². The largest absolute Gasteiger partial charge is 0.297 e. The first kappa shape index (κ1) is 15.7. The second-order valence-corrected chi connectivity index (χ2v) is 7.16. The van der Waals surface area contributed by atoms with E-state index in [9.17, 15) is 8.42 Å². The van der Waals surface area contributed by atoms with Crippen molar-refractivity contribution in [3.63, 3.8) is 0 Å². The third-order valence-corrected chi connectivity index (χ3v) is 4.98. The summed E-state index contributed by atoms with van der Waals surface area (Å²) in [6.07, 6.45) is 0.728. The lowest BCUT2D eigenvalue weighted by atomic mass is 10.2. The van der Waals surface area contributed by atoms with Gasteiger partial charge in [-0.05, 0) is 41.1 Å². The predicted octanol–water partition coefficient (Wildman–Crippen LogP) is 2.26. The number of primary sulfonamides is 1. The van der Waals surface area contributed by atoms with Gasteiger partial charge < -0.3 is 0 Å². The number of hydrogen-bond donors (Lipinski definition) is 1. The molecule has 0 amide bonds. The average Bonchev–Trinajstić information content (AvgIpc) is 2.77. The third-order valence-electron chi connectivity index (χ3n) is 2.60. The first-order valence-corrected chi connectivity index (χ1v) is 8.76. The second kappa shape index (κ2) is 5.96. The summed E-state index contributed by atoms with van der Waals surface area (Å²) in [5, 5.41) is 13.1. The molecule has 2 N–H and O–H groups in total. The van der Waals surface area contributed by atoms with Gasteiger partial charge in [0.15, 0.2) is 5.82 Å². The SMILES string of the molecule is CCCn1c(-c2ccc(I)c(Cl)c2)nnc1S(N)(=O)=O. The lowest BCUT2D eigenvalue weighted by Crippen LogP contribution is -2.19. The molecule has 20 heavy (non-hydrogen) atoms. The van der Waals surface area contributed by atoms with E-state index >= 15 is 0 Å². The van der Waals surface area contributed by atoms with Crippen molar-refractivity contribution in [1.29, 1.82) is 0 Å². The van der Waals surface area contributed by atoms with Crippen LogP contribution in [0, 0.1) is 3.57 Å². The van der Waals surface area contributed by atoms with E-state index in [-0.39, 0.29) is 5.16 Å². The fourth-order valence-electron chi connectivity index (χ4n) is 1.77. The van der Waals surface area contributed by atoms with Crippen LogP contribution in [0.3, 0.4) is 0 Å². The fraction of sp³-hybridized carbons (Fsp3) is 0.273. The van der Waals surface area contributed by atoms with E-state index in [1.807, 2.05) is 19.1 Å². The summed E-state index contributed by atoms with van der Waals surface area (Å²) in [6.45, 7) is 2.38. The molecule has 2 aromatic rings. The molecule has 108 valence electrons. The molecule has 0 aliphatic heterocycles. The minimum absolute atomic E-state index is 0.232. The summed E-state index contributed by atoms with van der Waals surface area (Å²) in [5.74, 6) is 0.439. The zero-order chi connectivity index (χ0) is 14.9. The Bertz CT molecular complexity index is 745. The fourth-order valence-corrected chi connectivity index (χ4v) is 2.93. The number of nitrogens with two attached hydrogens (primary N) is 1. The van der Waals surface area contributed by atoms with Crippen LogP contribution < -0.4 is 5.14 Å². The van der Waals surface area contributed by atoms with Gasteiger partial charge in [-0.15, -0.1) is 10.2 Å². The van der Waals surface area contributed by atoms with Crippen molar-refractivity contribution in [3.05, 3.63) is 26.8 Å². The summed E-state index contributed by atoms with van der Waals surface area (Å²) in [6, 6.07) is 5.38. The molecule has 2 rings (SSSR count). The summed E-state index contributed by atoms with van der Waals surface area (Å²) >= 11 is 8.20. The number of rotatable bonds is 4. The zero-order valence-corrected chi connectivity index (χ0v) is 14.3. The first-order valence-electron chi connectivity index (χ1n) is 5.76. The van der Waals surface area contributed by atoms with Gasteiger partial charge >= 0.3 is 0 Å². The second-order valence-electron chi connectivity index (χ2n) is 4.13. The Morgan fingerprint density at radius 3 is 2.65 bits per heavy atom. The standard InChI is InChI=1S/C11H12ClIN4O2S/c1-2-5-17-10(15-16-11(17)20(14,18)19)7-3-4-9(13)8(12)6-7/h3-4,6H,2,5H2,1H3,(H2,14,18,19). The van der Waals surface area contributed by atoms with Gasteiger partial charge in [-0.3, -0.25) is 4.57 Å². The number of nitrogens with zero attached hydrogens (tertiary/aromatic N) is 3. The summed E-state index contributed by atoms with van der Waals surface area (Å²) in [4.78, 5) is 0. The molecule has 6 nitrogen and oxygen atoms in total. The van der Waals surface area contributed by atoms with Gasteiger partial charge in [0.05, 0.1) is 5.02 Å². The van der Waals surface area contributed by atoms with Crippen molar-refractivity contribution >= 4 is 44.2 Å². The molecule has 0 radical (unpaired) electrons. The Balaban J connectivity index is 2.62.